The van der Waals surface area contributed by atoms with Gasteiger partial charge in [-0.05, 0) is 33.3 Å². The van der Waals surface area contributed by atoms with E-state index in [2.05, 4.69) is 0 Å². The molecule has 1 aliphatic heterocycles. The largest absolute Gasteiger partial charge is 0.444 e. The minimum Gasteiger partial charge on any atom is -0.444 e. The van der Waals surface area contributed by atoms with Gasteiger partial charge in [-0.3, -0.25) is 4.79 Å². The van der Waals surface area contributed by atoms with E-state index in [0.717, 1.165) is 6.42 Å². The summed E-state index contributed by atoms with van der Waals surface area (Å²) < 4.78 is 5.23. The molecule has 4 nitrogen and oxygen atoms in total. The van der Waals surface area contributed by atoms with Crippen LogP contribution in [0.1, 0.15) is 27.2 Å². The lowest BCUT2D eigenvalue weighted by Crippen LogP contribution is -2.61. The van der Waals surface area contributed by atoms with E-state index in [0.29, 0.717) is 13.1 Å². The maximum absolute atomic E-state index is 11.7. The smallest absolute Gasteiger partial charge is 0.410 e. The third-order valence-corrected chi connectivity index (χ3v) is 2.94. The van der Waals surface area contributed by atoms with E-state index in [4.69, 9.17) is 4.74 Å². The lowest BCUT2D eigenvalue weighted by atomic mass is 9.77. The molecule has 1 saturated heterocycles. The molecule has 1 fully saturated rings. The molecule has 0 saturated carbocycles. The molecule has 0 aromatic carbocycles. The van der Waals surface area contributed by atoms with Crippen molar-refractivity contribution < 1.29 is 14.3 Å². The van der Waals surface area contributed by atoms with E-state index in [1.165, 1.54) is 0 Å². The molecule has 1 aliphatic carbocycles. The zero-order valence-corrected chi connectivity index (χ0v) is 9.95. The van der Waals surface area contributed by atoms with Gasteiger partial charge in [-0.25, -0.2) is 4.79 Å². The lowest BCUT2D eigenvalue weighted by Gasteiger charge is -2.46. The number of carbonyl (C=O) groups excluding carboxylic acids is 2. The van der Waals surface area contributed by atoms with Crippen molar-refractivity contribution in [3.05, 3.63) is 12.2 Å². The Morgan fingerprint density at radius 2 is 2.06 bits per heavy atom. The van der Waals surface area contributed by atoms with Gasteiger partial charge in [0.15, 0.2) is 5.78 Å². The number of hydrogen-bond acceptors (Lipinski definition) is 3. The molecule has 0 N–H and O–H groups in total. The quantitative estimate of drug-likeness (QED) is 0.628. The zero-order valence-electron chi connectivity index (χ0n) is 9.95. The van der Waals surface area contributed by atoms with Crippen molar-refractivity contribution in [1.82, 2.24) is 4.90 Å². The molecular weight excluding hydrogens is 206 g/mol. The first-order valence-electron chi connectivity index (χ1n) is 5.51. The molecule has 1 heterocycles. The predicted octanol–water partition coefficient (Wildman–Crippen LogP) is 1.75. The highest BCUT2D eigenvalue weighted by Gasteiger charge is 2.51. The summed E-state index contributed by atoms with van der Waals surface area (Å²) >= 11 is 0. The van der Waals surface area contributed by atoms with Crippen LogP contribution in [0.15, 0.2) is 12.2 Å². The fourth-order valence-electron chi connectivity index (χ4n) is 2.09. The van der Waals surface area contributed by atoms with Gasteiger partial charge in [-0.2, -0.15) is 0 Å². The first kappa shape index (κ1) is 11.2. The van der Waals surface area contributed by atoms with E-state index in [-0.39, 0.29) is 17.3 Å². The van der Waals surface area contributed by atoms with E-state index < -0.39 is 5.60 Å². The third kappa shape index (κ3) is 1.84. The second kappa shape index (κ2) is 3.34. The first-order chi connectivity index (χ1) is 7.32. The number of allylic oxidation sites excluding steroid dienone is 2. The molecule has 0 atom stereocenters. The molecule has 0 aromatic rings. The maximum atomic E-state index is 11.7. The highest BCUT2D eigenvalue weighted by Crippen LogP contribution is 2.39. The van der Waals surface area contributed by atoms with Gasteiger partial charge in [0.25, 0.3) is 0 Å². The number of rotatable bonds is 0. The Labute approximate surface area is 95.2 Å². The van der Waals surface area contributed by atoms with Crippen LogP contribution in [0.2, 0.25) is 0 Å². The van der Waals surface area contributed by atoms with Gasteiger partial charge in [0.2, 0.25) is 0 Å². The minimum atomic E-state index is -0.474. The average Bonchev–Trinajstić information content (AvgIpc) is 2.40. The van der Waals surface area contributed by atoms with Crippen LogP contribution in [0.3, 0.4) is 0 Å². The van der Waals surface area contributed by atoms with Crippen molar-refractivity contribution >= 4 is 11.9 Å². The number of carbonyl (C=O) groups is 2. The summed E-state index contributed by atoms with van der Waals surface area (Å²) in [5.74, 6) is 0.146. The summed E-state index contributed by atoms with van der Waals surface area (Å²) in [6.07, 6.45) is 3.93. The topological polar surface area (TPSA) is 46.6 Å². The fraction of sp³-hybridized carbons (Fsp3) is 0.667. The third-order valence-electron chi connectivity index (χ3n) is 2.94. The Kier molecular flexibility index (Phi) is 2.33. The van der Waals surface area contributed by atoms with Gasteiger partial charge in [-0.1, -0.05) is 6.08 Å². The Bertz CT molecular complexity index is 359. The Balaban J connectivity index is 1.89. The average molecular weight is 223 g/mol. The van der Waals surface area contributed by atoms with Crippen molar-refractivity contribution in [1.29, 1.82) is 0 Å². The number of ketones is 1. The second-order valence-electron chi connectivity index (χ2n) is 5.59. The summed E-state index contributed by atoms with van der Waals surface area (Å²) in [6, 6.07) is 0. The number of hydrogen-bond donors (Lipinski definition) is 0. The van der Waals surface area contributed by atoms with Crippen LogP contribution in [0.25, 0.3) is 0 Å². The van der Waals surface area contributed by atoms with Crippen LogP contribution in [0, 0.1) is 5.41 Å². The number of likely N-dealkylation sites (tertiary alicyclic amines) is 1. The standard InChI is InChI=1S/C12H17NO3/c1-11(2,3)16-10(15)13-7-12(8-13)6-4-5-9(12)14/h4-5H,6-8H2,1-3H3. The van der Waals surface area contributed by atoms with Gasteiger partial charge in [0.05, 0.1) is 5.41 Å². The molecule has 2 rings (SSSR count). The summed E-state index contributed by atoms with van der Waals surface area (Å²) in [5.41, 5.74) is -0.797. The normalized spacial score (nSPS) is 22.4. The molecular formula is C12H17NO3. The van der Waals surface area contributed by atoms with E-state index >= 15 is 0 Å². The predicted molar refractivity (Wildman–Crippen MR) is 59.0 cm³/mol. The number of ether oxygens (including phenoxy) is 1. The molecule has 1 amide bonds. The van der Waals surface area contributed by atoms with Crippen molar-refractivity contribution in [2.75, 3.05) is 13.1 Å². The Morgan fingerprint density at radius 1 is 1.44 bits per heavy atom. The second-order valence-corrected chi connectivity index (χ2v) is 5.59. The molecule has 4 heteroatoms. The fourth-order valence-corrected chi connectivity index (χ4v) is 2.09. The molecule has 2 aliphatic rings. The van der Waals surface area contributed by atoms with Crippen LogP contribution in [0.5, 0.6) is 0 Å². The van der Waals surface area contributed by atoms with Gasteiger partial charge in [-0.15, -0.1) is 0 Å². The molecule has 88 valence electrons. The number of nitrogens with zero attached hydrogens (tertiary/aromatic N) is 1. The van der Waals surface area contributed by atoms with Gasteiger partial charge < -0.3 is 9.64 Å². The molecule has 0 aromatic heterocycles. The van der Waals surface area contributed by atoms with Crippen molar-refractivity contribution in [3.63, 3.8) is 0 Å². The van der Waals surface area contributed by atoms with Crippen LogP contribution < -0.4 is 0 Å². The van der Waals surface area contributed by atoms with Crippen LogP contribution >= 0.6 is 0 Å². The highest BCUT2D eigenvalue weighted by atomic mass is 16.6. The molecule has 1 spiro atoms. The van der Waals surface area contributed by atoms with Gasteiger partial charge in [0.1, 0.15) is 5.60 Å². The van der Waals surface area contributed by atoms with Crippen molar-refractivity contribution in [3.8, 4) is 0 Å². The summed E-state index contributed by atoms with van der Waals surface area (Å²) in [4.78, 5) is 24.8. The monoisotopic (exact) mass is 223 g/mol. The Hall–Kier alpha value is -1.32. The van der Waals surface area contributed by atoms with E-state index in [9.17, 15) is 9.59 Å². The lowest BCUT2D eigenvalue weighted by molar-refractivity contribution is -0.131. The van der Waals surface area contributed by atoms with E-state index in [1.54, 1.807) is 11.0 Å². The van der Waals surface area contributed by atoms with E-state index in [1.807, 2.05) is 26.8 Å². The van der Waals surface area contributed by atoms with Crippen LogP contribution in [-0.2, 0) is 9.53 Å². The van der Waals surface area contributed by atoms with Crippen molar-refractivity contribution in [2.45, 2.75) is 32.8 Å². The first-order valence-corrected chi connectivity index (χ1v) is 5.51. The summed E-state index contributed by atoms with van der Waals surface area (Å²) in [5, 5.41) is 0. The molecule has 16 heavy (non-hydrogen) atoms. The van der Waals surface area contributed by atoms with Gasteiger partial charge >= 0.3 is 6.09 Å². The maximum Gasteiger partial charge on any atom is 0.410 e. The summed E-state index contributed by atoms with van der Waals surface area (Å²) in [6.45, 7) is 6.50. The van der Waals surface area contributed by atoms with Crippen LogP contribution in [0.4, 0.5) is 4.79 Å². The van der Waals surface area contributed by atoms with Gasteiger partial charge in [0, 0.05) is 13.1 Å². The zero-order chi connectivity index (χ0) is 12.0. The number of amides is 1. The van der Waals surface area contributed by atoms with Crippen molar-refractivity contribution in [2.24, 2.45) is 5.41 Å². The minimum absolute atomic E-state index is 0.146. The summed E-state index contributed by atoms with van der Waals surface area (Å²) in [7, 11) is 0. The Morgan fingerprint density at radius 3 is 2.50 bits per heavy atom. The molecule has 0 radical (unpaired) electrons. The molecule has 0 bridgehead atoms. The van der Waals surface area contributed by atoms with Crippen LogP contribution in [-0.4, -0.2) is 35.5 Å². The molecule has 0 unspecified atom stereocenters. The highest BCUT2D eigenvalue weighted by molar-refractivity contribution is 5.99. The SMILES string of the molecule is CC(C)(C)OC(=O)N1CC2(CC=CC2=O)C1.